The molecule has 0 spiro atoms. The summed E-state index contributed by atoms with van der Waals surface area (Å²) in [7, 11) is 0. The molecule has 0 radical (unpaired) electrons. The summed E-state index contributed by atoms with van der Waals surface area (Å²) in [4.78, 5) is 0. The topological polar surface area (TPSA) is 26.0 Å². The van der Waals surface area contributed by atoms with E-state index in [4.69, 9.17) is 5.73 Å². The smallest absolute Gasteiger partial charge is 0.0275 e. The molecule has 2 N–H and O–H groups in total. The summed E-state index contributed by atoms with van der Waals surface area (Å²) in [6.07, 6.45) is 13.6. The zero-order valence-electron chi connectivity index (χ0n) is 10.8. The van der Waals surface area contributed by atoms with Gasteiger partial charge in [-0.25, -0.2) is 0 Å². The Kier molecular flexibility index (Phi) is 1.60. The fourth-order valence-electron chi connectivity index (χ4n) is 7.43. The second kappa shape index (κ2) is 2.76. The fourth-order valence-corrected chi connectivity index (χ4v) is 7.43. The number of hydrogen-bond donors (Lipinski definition) is 1. The maximum absolute atomic E-state index is 7.00. The molecule has 0 aliphatic heterocycles. The predicted octanol–water partition coefficient (Wildman–Crippen LogP) is 3.33. The lowest BCUT2D eigenvalue weighted by atomic mass is 9.46. The van der Waals surface area contributed by atoms with Crippen molar-refractivity contribution in [3.8, 4) is 0 Å². The first kappa shape index (κ1) is 9.83. The summed E-state index contributed by atoms with van der Waals surface area (Å²) in [6, 6.07) is 0. The minimum atomic E-state index is 0.321. The Morgan fingerprint density at radius 2 is 1.24 bits per heavy atom. The molecule has 17 heavy (non-hydrogen) atoms. The van der Waals surface area contributed by atoms with Gasteiger partial charge in [-0.05, 0) is 86.4 Å². The summed E-state index contributed by atoms with van der Waals surface area (Å²) in [6.45, 7) is 0. The van der Waals surface area contributed by atoms with Gasteiger partial charge in [-0.1, -0.05) is 6.42 Å². The van der Waals surface area contributed by atoms with E-state index in [1.807, 2.05) is 0 Å². The third kappa shape index (κ3) is 0.993. The van der Waals surface area contributed by atoms with Crippen LogP contribution in [0.2, 0.25) is 0 Å². The molecular formula is C16H25N. The highest BCUT2D eigenvalue weighted by Crippen LogP contribution is 2.74. The summed E-state index contributed by atoms with van der Waals surface area (Å²) < 4.78 is 0. The molecule has 94 valence electrons. The third-order valence-corrected chi connectivity index (χ3v) is 7.59. The molecule has 1 nitrogen and oxygen atoms in total. The van der Waals surface area contributed by atoms with Crippen LogP contribution in [-0.4, -0.2) is 5.54 Å². The van der Waals surface area contributed by atoms with Gasteiger partial charge in [0, 0.05) is 5.54 Å². The summed E-state index contributed by atoms with van der Waals surface area (Å²) in [5.74, 6) is 5.10. The maximum Gasteiger partial charge on any atom is 0.0275 e. The van der Waals surface area contributed by atoms with Crippen molar-refractivity contribution in [3.63, 3.8) is 0 Å². The molecule has 6 saturated carbocycles. The molecule has 6 aliphatic carbocycles. The SMILES string of the molecule is NC1(C23CC4CC(CC(C4)C2)C3)C2CCCC21. The monoisotopic (exact) mass is 231 g/mol. The van der Waals surface area contributed by atoms with E-state index in [1.54, 1.807) is 19.3 Å². The van der Waals surface area contributed by atoms with E-state index in [-0.39, 0.29) is 0 Å². The highest BCUT2D eigenvalue weighted by atomic mass is 15.0. The molecule has 0 saturated heterocycles. The van der Waals surface area contributed by atoms with Gasteiger partial charge in [0.2, 0.25) is 0 Å². The molecule has 0 aromatic heterocycles. The van der Waals surface area contributed by atoms with Crippen molar-refractivity contribution in [2.45, 2.75) is 63.3 Å². The van der Waals surface area contributed by atoms with Crippen LogP contribution in [0.4, 0.5) is 0 Å². The van der Waals surface area contributed by atoms with Crippen LogP contribution in [0.25, 0.3) is 0 Å². The Balaban J connectivity index is 1.54. The highest BCUT2D eigenvalue weighted by Gasteiger charge is 2.74. The van der Waals surface area contributed by atoms with Crippen molar-refractivity contribution in [1.29, 1.82) is 0 Å². The van der Waals surface area contributed by atoms with Gasteiger partial charge in [0.05, 0.1) is 0 Å². The van der Waals surface area contributed by atoms with Crippen LogP contribution in [0.15, 0.2) is 0 Å². The molecule has 2 unspecified atom stereocenters. The number of rotatable bonds is 1. The van der Waals surface area contributed by atoms with E-state index < -0.39 is 0 Å². The molecule has 0 aromatic rings. The first-order valence-electron chi connectivity index (χ1n) is 8.00. The van der Waals surface area contributed by atoms with E-state index in [2.05, 4.69) is 0 Å². The molecular weight excluding hydrogens is 206 g/mol. The van der Waals surface area contributed by atoms with E-state index >= 15 is 0 Å². The van der Waals surface area contributed by atoms with E-state index in [1.165, 1.54) is 38.5 Å². The van der Waals surface area contributed by atoms with Gasteiger partial charge in [-0.15, -0.1) is 0 Å². The Morgan fingerprint density at radius 3 is 1.71 bits per heavy atom. The zero-order chi connectivity index (χ0) is 11.3. The van der Waals surface area contributed by atoms with Gasteiger partial charge in [0.25, 0.3) is 0 Å². The fraction of sp³-hybridized carbons (Fsp3) is 1.00. The van der Waals surface area contributed by atoms with Gasteiger partial charge in [0.15, 0.2) is 0 Å². The molecule has 0 amide bonds. The highest BCUT2D eigenvalue weighted by molar-refractivity contribution is 5.28. The van der Waals surface area contributed by atoms with Gasteiger partial charge in [-0.2, -0.15) is 0 Å². The second-order valence-corrected chi connectivity index (χ2v) is 8.27. The largest absolute Gasteiger partial charge is 0.324 e. The van der Waals surface area contributed by atoms with Crippen molar-refractivity contribution >= 4 is 0 Å². The van der Waals surface area contributed by atoms with Gasteiger partial charge < -0.3 is 5.73 Å². The molecule has 6 aliphatic rings. The first-order chi connectivity index (χ1) is 8.21. The van der Waals surface area contributed by atoms with Crippen molar-refractivity contribution < 1.29 is 0 Å². The van der Waals surface area contributed by atoms with Crippen molar-refractivity contribution in [1.82, 2.24) is 0 Å². The second-order valence-electron chi connectivity index (χ2n) is 8.27. The van der Waals surface area contributed by atoms with Crippen LogP contribution in [-0.2, 0) is 0 Å². The van der Waals surface area contributed by atoms with Crippen LogP contribution < -0.4 is 5.73 Å². The Morgan fingerprint density at radius 1 is 0.765 bits per heavy atom. The number of fused-ring (bicyclic) bond motifs is 1. The van der Waals surface area contributed by atoms with Crippen LogP contribution in [0, 0.1) is 35.0 Å². The van der Waals surface area contributed by atoms with E-state index in [0.29, 0.717) is 11.0 Å². The summed E-state index contributed by atoms with van der Waals surface area (Å²) in [5, 5.41) is 0. The molecule has 0 heterocycles. The average molecular weight is 231 g/mol. The maximum atomic E-state index is 7.00. The normalized spacial score (nSPS) is 67.2. The van der Waals surface area contributed by atoms with Crippen LogP contribution >= 0.6 is 0 Å². The molecule has 1 heteroatoms. The van der Waals surface area contributed by atoms with Crippen LogP contribution in [0.1, 0.15) is 57.8 Å². The number of hydrogen-bond acceptors (Lipinski definition) is 1. The van der Waals surface area contributed by atoms with Gasteiger partial charge in [-0.3, -0.25) is 0 Å². The zero-order valence-corrected chi connectivity index (χ0v) is 10.8. The van der Waals surface area contributed by atoms with E-state index in [0.717, 1.165) is 29.6 Å². The van der Waals surface area contributed by atoms with Gasteiger partial charge >= 0.3 is 0 Å². The predicted molar refractivity (Wildman–Crippen MR) is 68.4 cm³/mol. The Labute approximate surface area is 105 Å². The lowest BCUT2D eigenvalue weighted by Gasteiger charge is -2.60. The summed E-state index contributed by atoms with van der Waals surface area (Å²) in [5.41, 5.74) is 7.94. The van der Waals surface area contributed by atoms with Crippen molar-refractivity contribution in [3.05, 3.63) is 0 Å². The van der Waals surface area contributed by atoms with E-state index in [9.17, 15) is 0 Å². The quantitative estimate of drug-likeness (QED) is 0.736. The first-order valence-corrected chi connectivity index (χ1v) is 8.00. The minimum Gasteiger partial charge on any atom is -0.324 e. The lowest BCUT2D eigenvalue weighted by molar-refractivity contribution is -0.0810. The van der Waals surface area contributed by atoms with Gasteiger partial charge in [0.1, 0.15) is 0 Å². The van der Waals surface area contributed by atoms with Crippen molar-refractivity contribution in [2.24, 2.45) is 40.7 Å². The molecule has 0 aromatic carbocycles. The Hall–Kier alpha value is -0.0400. The third-order valence-electron chi connectivity index (χ3n) is 7.59. The van der Waals surface area contributed by atoms with Crippen LogP contribution in [0.5, 0.6) is 0 Å². The molecule has 4 bridgehead atoms. The minimum absolute atomic E-state index is 0.321. The Bertz CT molecular complexity index is 326. The summed E-state index contributed by atoms with van der Waals surface area (Å²) >= 11 is 0. The molecule has 6 fully saturated rings. The molecule has 2 atom stereocenters. The van der Waals surface area contributed by atoms with Crippen LogP contribution in [0.3, 0.4) is 0 Å². The average Bonchev–Trinajstić information content (AvgIpc) is 2.70. The lowest BCUT2D eigenvalue weighted by Crippen LogP contribution is -2.58. The standard InChI is InChI=1S/C16H25N/c17-16(13-2-1-3-14(13)16)15-7-10-4-11(8-15)6-12(5-10)9-15/h10-14H,1-9,17H2. The number of nitrogens with two attached hydrogens (primary N) is 1. The van der Waals surface area contributed by atoms with Crippen molar-refractivity contribution in [2.75, 3.05) is 0 Å². The molecule has 6 rings (SSSR count).